The maximum atomic E-state index is 3.64. The molecule has 1 saturated heterocycles. The van der Waals surface area contributed by atoms with Crippen molar-refractivity contribution in [1.29, 1.82) is 0 Å². The molecule has 1 N–H and O–H groups in total. The maximum Gasteiger partial charge on any atom is 0.0110 e. The van der Waals surface area contributed by atoms with Crippen molar-refractivity contribution in [3.8, 4) is 0 Å². The minimum Gasteiger partial charge on any atom is -0.316 e. The van der Waals surface area contributed by atoms with Gasteiger partial charge in [0.05, 0.1) is 0 Å². The van der Waals surface area contributed by atoms with Crippen LogP contribution in [0.15, 0.2) is 0 Å². The van der Waals surface area contributed by atoms with Gasteiger partial charge in [-0.15, -0.1) is 0 Å². The van der Waals surface area contributed by atoms with Gasteiger partial charge >= 0.3 is 0 Å². The minimum atomic E-state index is 0.441. The number of nitrogens with zero attached hydrogens (tertiary/aromatic N) is 2. The first-order chi connectivity index (χ1) is 9.63. The second-order valence-electron chi connectivity index (χ2n) is 6.86. The fraction of sp³-hybridized carbons (Fsp3) is 1.00. The van der Waals surface area contributed by atoms with Crippen LogP contribution in [0.5, 0.6) is 0 Å². The highest BCUT2D eigenvalue weighted by molar-refractivity contribution is 4.83. The lowest BCUT2D eigenvalue weighted by atomic mass is 9.84. The van der Waals surface area contributed by atoms with Crippen molar-refractivity contribution < 1.29 is 0 Å². The molecular weight excluding hydrogens is 246 g/mol. The molecule has 3 heteroatoms. The van der Waals surface area contributed by atoms with Gasteiger partial charge in [0.2, 0.25) is 0 Å². The summed E-state index contributed by atoms with van der Waals surface area (Å²) >= 11 is 0. The Hall–Kier alpha value is -0.120. The van der Waals surface area contributed by atoms with Gasteiger partial charge in [0.25, 0.3) is 0 Å². The Morgan fingerprint density at radius 2 is 1.55 bits per heavy atom. The highest BCUT2D eigenvalue weighted by Crippen LogP contribution is 2.24. The molecular formula is C17H37N3. The first kappa shape index (κ1) is 17.9. The van der Waals surface area contributed by atoms with Crippen molar-refractivity contribution in [2.45, 2.75) is 53.4 Å². The zero-order chi connectivity index (χ0) is 14.8. The van der Waals surface area contributed by atoms with E-state index in [1.54, 1.807) is 0 Å². The lowest BCUT2D eigenvalue weighted by Gasteiger charge is -2.40. The molecule has 1 aliphatic rings. The van der Waals surface area contributed by atoms with E-state index < -0.39 is 0 Å². The second kappa shape index (κ2) is 9.75. The number of hydrogen-bond donors (Lipinski definition) is 1. The number of hydrogen-bond acceptors (Lipinski definition) is 3. The van der Waals surface area contributed by atoms with E-state index in [2.05, 4.69) is 42.8 Å². The molecule has 0 aromatic rings. The summed E-state index contributed by atoms with van der Waals surface area (Å²) in [7, 11) is 0. The van der Waals surface area contributed by atoms with E-state index >= 15 is 0 Å². The molecule has 0 radical (unpaired) electrons. The van der Waals surface area contributed by atoms with Gasteiger partial charge in [0.15, 0.2) is 0 Å². The van der Waals surface area contributed by atoms with Gasteiger partial charge < -0.3 is 15.1 Å². The number of piperazine rings is 1. The van der Waals surface area contributed by atoms with Crippen LogP contribution in [0.25, 0.3) is 0 Å². The Morgan fingerprint density at radius 1 is 0.900 bits per heavy atom. The highest BCUT2D eigenvalue weighted by Gasteiger charge is 2.27. The van der Waals surface area contributed by atoms with Crippen molar-refractivity contribution in [3.05, 3.63) is 0 Å². The van der Waals surface area contributed by atoms with Gasteiger partial charge in [-0.2, -0.15) is 0 Å². The summed E-state index contributed by atoms with van der Waals surface area (Å²) < 4.78 is 0. The van der Waals surface area contributed by atoms with E-state index in [0.717, 1.165) is 6.54 Å². The van der Waals surface area contributed by atoms with Crippen LogP contribution in [0.4, 0.5) is 0 Å². The molecule has 1 unspecified atom stereocenters. The first-order valence-corrected chi connectivity index (χ1v) is 8.79. The molecule has 1 aliphatic heterocycles. The van der Waals surface area contributed by atoms with Crippen molar-refractivity contribution >= 4 is 0 Å². The van der Waals surface area contributed by atoms with E-state index in [4.69, 9.17) is 0 Å². The second-order valence-corrected chi connectivity index (χ2v) is 6.86. The normalized spacial score (nSPS) is 21.0. The Kier molecular flexibility index (Phi) is 8.74. The largest absolute Gasteiger partial charge is 0.316 e. The zero-order valence-electron chi connectivity index (χ0n) is 14.4. The Bertz CT molecular complexity index is 236. The van der Waals surface area contributed by atoms with Crippen molar-refractivity contribution in [2.75, 3.05) is 52.4 Å². The van der Waals surface area contributed by atoms with Gasteiger partial charge in [-0.25, -0.2) is 0 Å². The zero-order valence-corrected chi connectivity index (χ0v) is 14.4. The molecule has 120 valence electrons. The van der Waals surface area contributed by atoms with E-state index in [1.807, 2.05) is 0 Å². The van der Waals surface area contributed by atoms with E-state index in [9.17, 15) is 0 Å². The molecule has 0 aromatic carbocycles. The molecule has 1 fully saturated rings. The lowest BCUT2D eigenvalue weighted by Crippen LogP contribution is -2.51. The maximum absolute atomic E-state index is 3.64. The van der Waals surface area contributed by atoms with Crippen LogP contribution >= 0.6 is 0 Å². The summed E-state index contributed by atoms with van der Waals surface area (Å²) in [5, 5.41) is 3.64. The monoisotopic (exact) mass is 283 g/mol. The molecule has 0 aromatic heterocycles. The standard InChI is InChI=1S/C17H37N3/c1-5-8-17(4,15-18-9-6-2)16-20-13-11-19(10-7-3)12-14-20/h18H,5-16H2,1-4H3. The Balaban J connectivity index is 2.37. The van der Waals surface area contributed by atoms with Crippen LogP contribution < -0.4 is 5.32 Å². The SMILES string of the molecule is CCCNCC(C)(CCC)CN1CCN(CCC)CC1. The van der Waals surface area contributed by atoms with Gasteiger partial charge in [0.1, 0.15) is 0 Å². The van der Waals surface area contributed by atoms with Crippen LogP contribution in [-0.2, 0) is 0 Å². The third kappa shape index (κ3) is 6.55. The third-order valence-corrected chi connectivity index (χ3v) is 4.44. The number of rotatable bonds is 10. The average molecular weight is 284 g/mol. The minimum absolute atomic E-state index is 0.441. The fourth-order valence-electron chi connectivity index (χ4n) is 3.42. The molecule has 1 rings (SSSR count). The van der Waals surface area contributed by atoms with Crippen molar-refractivity contribution in [3.63, 3.8) is 0 Å². The third-order valence-electron chi connectivity index (χ3n) is 4.44. The van der Waals surface area contributed by atoms with Crippen LogP contribution in [0.1, 0.15) is 53.4 Å². The lowest BCUT2D eigenvalue weighted by molar-refractivity contribution is 0.0859. The summed E-state index contributed by atoms with van der Waals surface area (Å²) in [5.74, 6) is 0. The smallest absolute Gasteiger partial charge is 0.0110 e. The Morgan fingerprint density at radius 3 is 2.10 bits per heavy atom. The Labute approximate surface area is 127 Å². The summed E-state index contributed by atoms with van der Waals surface area (Å²) in [4.78, 5) is 5.30. The van der Waals surface area contributed by atoms with Gasteiger partial charge in [-0.3, -0.25) is 0 Å². The summed E-state index contributed by atoms with van der Waals surface area (Å²) in [6.45, 7) is 19.2. The van der Waals surface area contributed by atoms with Crippen LogP contribution in [0.2, 0.25) is 0 Å². The molecule has 20 heavy (non-hydrogen) atoms. The van der Waals surface area contributed by atoms with Crippen molar-refractivity contribution in [2.24, 2.45) is 5.41 Å². The predicted molar refractivity (Wildman–Crippen MR) is 89.3 cm³/mol. The average Bonchev–Trinajstić information content (AvgIpc) is 2.42. The van der Waals surface area contributed by atoms with E-state index in [1.165, 1.54) is 71.5 Å². The summed E-state index contributed by atoms with van der Waals surface area (Å²) in [5.41, 5.74) is 0.441. The van der Waals surface area contributed by atoms with Crippen LogP contribution in [0.3, 0.4) is 0 Å². The molecule has 1 atom stereocenters. The van der Waals surface area contributed by atoms with Gasteiger partial charge in [-0.1, -0.05) is 34.1 Å². The quantitative estimate of drug-likeness (QED) is 0.622. The molecule has 0 spiro atoms. The van der Waals surface area contributed by atoms with Crippen LogP contribution in [-0.4, -0.2) is 62.2 Å². The van der Waals surface area contributed by atoms with Gasteiger partial charge in [0, 0.05) is 39.3 Å². The summed E-state index contributed by atoms with van der Waals surface area (Å²) in [6.07, 6.45) is 5.14. The highest BCUT2D eigenvalue weighted by atomic mass is 15.3. The van der Waals surface area contributed by atoms with Crippen molar-refractivity contribution in [1.82, 2.24) is 15.1 Å². The molecule has 0 aliphatic carbocycles. The summed E-state index contributed by atoms with van der Waals surface area (Å²) in [6, 6.07) is 0. The van der Waals surface area contributed by atoms with E-state index in [0.29, 0.717) is 5.41 Å². The molecule has 0 bridgehead atoms. The fourth-order valence-corrected chi connectivity index (χ4v) is 3.42. The molecule has 0 saturated carbocycles. The first-order valence-electron chi connectivity index (χ1n) is 8.79. The number of nitrogens with one attached hydrogen (secondary N) is 1. The van der Waals surface area contributed by atoms with E-state index in [-0.39, 0.29) is 0 Å². The molecule has 3 nitrogen and oxygen atoms in total. The van der Waals surface area contributed by atoms with Crippen LogP contribution in [0, 0.1) is 5.41 Å². The van der Waals surface area contributed by atoms with Gasteiger partial charge in [-0.05, 0) is 37.8 Å². The molecule has 1 heterocycles. The topological polar surface area (TPSA) is 18.5 Å². The predicted octanol–water partition coefficient (Wildman–Crippen LogP) is 2.82. The molecule has 0 amide bonds.